The lowest BCUT2D eigenvalue weighted by atomic mass is 9.85. The number of hydrogen-bond acceptors (Lipinski definition) is 3. The number of nitrogens with zero attached hydrogens (tertiary/aromatic N) is 1. The fraction of sp³-hybridized carbons (Fsp3) is 1.00. The summed E-state index contributed by atoms with van der Waals surface area (Å²) in [5.74, 6) is 0. The molecule has 2 atom stereocenters. The molecule has 2 aliphatic heterocycles. The summed E-state index contributed by atoms with van der Waals surface area (Å²) in [7, 11) is 0. The van der Waals surface area contributed by atoms with Crippen LogP contribution >= 0.6 is 0 Å². The minimum absolute atomic E-state index is 0.167. The summed E-state index contributed by atoms with van der Waals surface area (Å²) in [5, 5.41) is 0. The summed E-state index contributed by atoms with van der Waals surface area (Å²) in [6, 6.07) is 0.209. The fourth-order valence-electron chi connectivity index (χ4n) is 2.76. The van der Waals surface area contributed by atoms with Crippen LogP contribution in [-0.4, -0.2) is 43.8 Å². The molecule has 2 saturated heterocycles. The topological polar surface area (TPSA) is 38.5 Å². The first-order valence-corrected chi connectivity index (χ1v) is 5.97. The van der Waals surface area contributed by atoms with E-state index in [4.69, 9.17) is 10.5 Å². The number of nitrogens with two attached hydrogens (primary N) is 1. The highest BCUT2D eigenvalue weighted by atomic mass is 16.5. The zero-order valence-electron chi connectivity index (χ0n) is 10.3. The van der Waals surface area contributed by atoms with Gasteiger partial charge in [-0.05, 0) is 18.4 Å². The van der Waals surface area contributed by atoms with Crippen LogP contribution in [0.2, 0.25) is 0 Å². The molecule has 2 rings (SSSR count). The molecular weight excluding hydrogens is 188 g/mol. The third-order valence-electron chi connectivity index (χ3n) is 3.97. The van der Waals surface area contributed by atoms with Crippen molar-refractivity contribution in [1.82, 2.24) is 4.90 Å². The molecule has 2 aliphatic rings. The van der Waals surface area contributed by atoms with Crippen molar-refractivity contribution in [2.45, 2.75) is 33.2 Å². The van der Waals surface area contributed by atoms with Crippen LogP contribution < -0.4 is 5.73 Å². The zero-order valence-corrected chi connectivity index (χ0v) is 10.3. The summed E-state index contributed by atoms with van der Waals surface area (Å²) in [6.45, 7) is 12.0. The maximum atomic E-state index is 6.11. The van der Waals surface area contributed by atoms with Gasteiger partial charge in [-0.2, -0.15) is 0 Å². The van der Waals surface area contributed by atoms with Crippen LogP contribution in [0.5, 0.6) is 0 Å². The second-order valence-electron chi connectivity index (χ2n) is 6.40. The SMILES string of the molecule is CC1(C)CCN(CC2(C)COCC2N)C1. The molecule has 2 heterocycles. The van der Waals surface area contributed by atoms with Gasteiger partial charge in [-0.3, -0.25) is 0 Å². The van der Waals surface area contributed by atoms with Crippen LogP contribution in [0.25, 0.3) is 0 Å². The molecule has 0 radical (unpaired) electrons. The molecular formula is C12H24N2O. The number of ether oxygens (including phenoxy) is 1. The summed E-state index contributed by atoms with van der Waals surface area (Å²) in [4.78, 5) is 2.55. The zero-order chi connectivity index (χ0) is 11.1. The molecule has 0 aromatic rings. The van der Waals surface area contributed by atoms with Crippen LogP contribution in [0, 0.1) is 10.8 Å². The molecule has 2 unspecified atom stereocenters. The van der Waals surface area contributed by atoms with Gasteiger partial charge in [0.2, 0.25) is 0 Å². The minimum atomic E-state index is 0.167. The van der Waals surface area contributed by atoms with E-state index in [2.05, 4.69) is 25.7 Å². The quantitative estimate of drug-likeness (QED) is 0.744. The standard InChI is InChI=1S/C12H24N2O/c1-11(2)4-5-14(7-11)8-12(3)9-15-6-10(12)13/h10H,4-9,13H2,1-3H3. The van der Waals surface area contributed by atoms with Crippen LogP contribution in [0.3, 0.4) is 0 Å². The van der Waals surface area contributed by atoms with Crippen LogP contribution in [0.4, 0.5) is 0 Å². The van der Waals surface area contributed by atoms with Gasteiger partial charge in [0, 0.05) is 24.5 Å². The smallest absolute Gasteiger partial charge is 0.0624 e. The minimum Gasteiger partial charge on any atom is -0.379 e. The predicted molar refractivity (Wildman–Crippen MR) is 61.7 cm³/mol. The molecule has 0 aliphatic carbocycles. The van der Waals surface area contributed by atoms with E-state index in [9.17, 15) is 0 Å². The Morgan fingerprint density at radius 2 is 2.13 bits per heavy atom. The second kappa shape index (κ2) is 3.72. The van der Waals surface area contributed by atoms with Gasteiger partial charge in [0.1, 0.15) is 0 Å². The average molecular weight is 212 g/mol. The predicted octanol–water partition coefficient (Wildman–Crippen LogP) is 1.08. The first kappa shape index (κ1) is 11.4. The molecule has 0 aromatic carbocycles. The van der Waals surface area contributed by atoms with E-state index >= 15 is 0 Å². The lowest BCUT2D eigenvalue weighted by Crippen LogP contribution is -2.46. The Labute approximate surface area is 93.0 Å². The van der Waals surface area contributed by atoms with Crippen molar-refractivity contribution in [2.24, 2.45) is 16.6 Å². The van der Waals surface area contributed by atoms with Crippen molar-refractivity contribution in [3.8, 4) is 0 Å². The normalized spacial score (nSPS) is 41.2. The lowest BCUT2D eigenvalue weighted by Gasteiger charge is -2.32. The molecule has 0 bridgehead atoms. The highest BCUT2D eigenvalue weighted by Gasteiger charge is 2.41. The molecule has 0 aromatic heterocycles. The van der Waals surface area contributed by atoms with Crippen molar-refractivity contribution in [3.05, 3.63) is 0 Å². The molecule has 15 heavy (non-hydrogen) atoms. The Bertz CT molecular complexity index is 242. The molecule has 2 N–H and O–H groups in total. The molecule has 2 fully saturated rings. The van der Waals surface area contributed by atoms with Gasteiger partial charge in [0.05, 0.1) is 13.2 Å². The van der Waals surface area contributed by atoms with Gasteiger partial charge < -0.3 is 15.4 Å². The highest BCUT2D eigenvalue weighted by Crippen LogP contribution is 2.34. The van der Waals surface area contributed by atoms with Gasteiger partial charge >= 0.3 is 0 Å². The van der Waals surface area contributed by atoms with Gasteiger partial charge in [0.15, 0.2) is 0 Å². The Morgan fingerprint density at radius 3 is 2.60 bits per heavy atom. The lowest BCUT2D eigenvalue weighted by molar-refractivity contribution is 0.125. The van der Waals surface area contributed by atoms with Gasteiger partial charge in [-0.15, -0.1) is 0 Å². The highest BCUT2D eigenvalue weighted by molar-refractivity contribution is 4.94. The first-order valence-electron chi connectivity index (χ1n) is 5.97. The van der Waals surface area contributed by atoms with Crippen LogP contribution in [0.15, 0.2) is 0 Å². The molecule has 3 heteroatoms. The third-order valence-corrected chi connectivity index (χ3v) is 3.97. The maximum absolute atomic E-state index is 6.11. The van der Waals surface area contributed by atoms with E-state index in [0.29, 0.717) is 5.41 Å². The van der Waals surface area contributed by atoms with E-state index in [1.54, 1.807) is 0 Å². The number of rotatable bonds is 2. The van der Waals surface area contributed by atoms with E-state index in [0.717, 1.165) is 19.8 Å². The third kappa shape index (κ3) is 2.35. The fourth-order valence-corrected chi connectivity index (χ4v) is 2.76. The molecule has 0 saturated carbocycles. The Kier molecular flexibility index (Phi) is 2.82. The summed E-state index contributed by atoms with van der Waals surface area (Å²) in [6.07, 6.45) is 1.30. The van der Waals surface area contributed by atoms with Crippen LogP contribution in [0.1, 0.15) is 27.2 Å². The second-order valence-corrected chi connectivity index (χ2v) is 6.40. The summed E-state index contributed by atoms with van der Waals surface area (Å²) in [5.41, 5.74) is 6.76. The average Bonchev–Trinajstić information content (AvgIpc) is 2.59. The summed E-state index contributed by atoms with van der Waals surface area (Å²) < 4.78 is 5.48. The first-order chi connectivity index (χ1) is 6.91. The van der Waals surface area contributed by atoms with Gasteiger partial charge in [-0.25, -0.2) is 0 Å². The van der Waals surface area contributed by atoms with Crippen molar-refractivity contribution >= 4 is 0 Å². The molecule has 0 amide bonds. The van der Waals surface area contributed by atoms with Crippen molar-refractivity contribution in [1.29, 1.82) is 0 Å². The Balaban J connectivity index is 1.92. The summed E-state index contributed by atoms with van der Waals surface area (Å²) >= 11 is 0. The van der Waals surface area contributed by atoms with E-state index in [1.807, 2.05) is 0 Å². The van der Waals surface area contributed by atoms with E-state index in [1.165, 1.54) is 19.5 Å². The van der Waals surface area contributed by atoms with Gasteiger partial charge in [-0.1, -0.05) is 20.8 Å². The Morgan fingerprint density at radius 1 is 1.40 bits per heavy atom. The Hall–Kier alpha value is -0.120. The van der Waals surface area contributed by atoms with E-state index in [-0.39, 0.29) is 11.5 Å². The van der Waals surface area contributed by atoms with E-state index < -0.39 is 0 Å². The number of likely N-dealkylation sites (tertiary alicyclic amines) is 1. The maximum Gasteiger partial charge on any atom is 0.0624 e. The molecule has 3 nitrogen and oxygen atoms in total. The van der Waals surface area contributed by atoms with Crippen LogP contribution in [-0.2, 0) is 4.74 Å². The van der Waals surface area contributed by atoms with Gasteiger partial charge in [0.25, 0.3) is 0 Å². The van der Waals surface area contributed by atoms with Crippen molar-refractivity contribution in [3.63, 3.8) is 0 Å². The monoisotopic (exact) mass is 212 g/mol. The van der Waals surface area contributed by atoms with Crippen molar-refractivity contribution in [2.75, 3.05) is 32.8 Å². The number of hydrogen-bond donors (Lipinski definition) is 1. The largest absolute Gasteiger partial charge is 0.379 e. The van der Waals surface area contributed by atoms with Crippen molar-refractivity contribution < 1.29 is 4.74 Å². The molecule has 88 valence electrons. The molecule has 0 spiro atoms.